The molecule has 0 unspecified atom stereocenters. The van der Waals surface area contributed by atoms with E-state index in [1.54, 1.807) is 6.07 Å². The Morgan fingerprint density at radius 1 is 1.37 bits per heavy atom. The van der Waals surface area contributed by atoms with Gasteiger partial charge in [0.25, 0.3) is 0 Å². The van der Waals surface area contributed by atoms with Gasteiger partial charge in [0.1, 0.15) is 6.54 Å². The summed E-state index contributed by atoms with van der Waals surface area (Å²) in [4.78, 5) is 22.7. The van der Waals surface area contributed by atoms with Crippen LogP contribution < -0.4 is 5.32 Å². The Balaban J connectivity index is 2.01. The first-order chi connectivity index (χ1) is 8.66. The molecule has 1 aromatic rings. The Hall–Kier alpha value is -1.85. The third-order valence-corrected chi connectivity index (χ3v) is 4.47. The second kappa shape index (κ2) is 4.08. The molecule has 0 aliphatic heterocycles. The summed E-state index contributed by atoms with van der Waals surface area (Å²) < 4.78 is 1.28. The maximum atomic E-state index is 12.2. The molecule has 6 nitrogen and oxygen atoms in total. The molecule has 0 aromatic carbocycles. The van der Waals surface area contributed by atoms with Gasteiger partial charge < -0.3 is 10.4 Å². The minimum Gasteiger partial charge on any atom is -0.480 e. The highest BCUT2D eigenvalue weighted by Crippen LogP contribution is 2.68. The van der Waals surface area contributed by atoms with Crippen molar-refractivity contribution in [3.63, 3.8) is 0 Å². The lowest BCUT2D eigenvalue weighted by atomic mass is 10.0. The number of anilines is 1. The van der Waals surface area contributed by atoms with E-state index in [0.717, 1.165) is 0 Å². The number of hydrogen-bond donors (Lipinski definition) is 2. The largest absolute Gasteiger partial charge is 0.480 e. The first-order valence-corrected chi connectivity index (χ1v) is 6.22. The molecule has 19 heavy (non-hydrogen) atoms. The van der Waals surface area contributed by atoms with Crippen LogP contribution in [-0.2, 0) is 16.1 Å². The van der Waals surface area contributed by atoms with Crippen LogP contribution in [0.5, 0.6) is 0 Å². The highest BCUT2D eigenvalue weighted by molar-refractivity contribution is 5.95. The Kier molecular flexibility index (Phi) is 2.91. The SMILES string of the molecule is CC1(C)C(C(=O)Nc2ccn(CC(=O)O)n2)C1(C)C. The molecule has 1 aromatic heterocycles. The van der Waals surface area contributed by atoms with E-state index < -0.39 is 5.97 Å². The van der Waals surface area contributed by atoms with Crippen molar-refractivity contribution in [3.05, 3.63) is 12.3 Å². The van der Waals surface area contributed by atoms with Crippen molar-refractivity contribution in [2.24, 2.45) is 16.7 Å². The summed E-state index contributed by atoms with van der Waals surface area (Å²) in [5.74, 6) is -0.685. The summed E-state index contributed by atoms with van der Waals surface area (Å²) in [6.07, 6.45) is 1.53. The standard InChI is InChI=1S/C13H19N3O3/c1-12(2)10(13(12,3)4)11(19)14-8-5-6-16(15-8)7-9(17)18/h5-6,10H,7H2,1-4H3,(H,17,18)(H,14,15,19). The predicted octanol–water partition coefficient (Wildman–Crippen LogP) is 1.59. The van der Waals surface area contributed by atoms with E-state index in [0.29, 0.717) is 5.82 Å². The first-order valence-electron chi connectivity index (χ1n) is 6.22. The van der Waals surface area contributed by atoms with Gasteiger partial charge in [-0.25, -0.2) is 0 Å². The normalized spacial score (nSPS) is 20.0. The Bertz CT molecular complexity index is 517. The fraction of sp³-hybridized carbons (Fsp3) is 0.615. The number of nitrogens with zero attached hydrogens (tertiary/aromatic N) is 2. The number of aliphatic carboxylic acids is 1. The van der Waals surface area contributed by atoms with E-state index in [1.165, 1.54) is 10.9 Å². The second-order valence-electron chi connectivity index (χ2n) is 6.16. The zero-order valence-electron chi connectivity index (χ0n) is 11.6. The molecule has 104 valence electrons. The van der Waals surface area contributed by atoms with E-state index in [4.69, 9.17) is 5.11 Å². The molecule has 1 aliphatic carbocycles. The summed E-state index contributed by atoms with van der Waals surface area (Å²) in [7, 11) is 0. The van der Waals surface area contributed by atoms with Crippen molar-refractivity contribution in [1.29, 1.82) is 0 Å². The summed E-state index contributed by atoms with van der Waals surface area (Å²) >= 11 is 0. The highest BCUT2D eigenvalue weighted by Gasteiger charge is 2.68. The van der Waals surface area contributed by atoms with Crippen molar-refractivity contribution in [2.75, 3.05) is 5.32 Å². The van der Waals surface area contributed by atoms with Crippen LogP contribution in [-0.4, -0.2) is 26.8 Å². The number of carbonyl (C=O) groups is 2. The number of carboxylic acids is 1. The summed E-state index contributed by atoms with van der Waals surface area (Å²) in [5, 5.41) is 15.4. The molecule has 0 atom stereocenters. The monoisotopic (exact) mass is 265 g/mol. The van der Waals surface area contributed by atoms with E-state index in [1.807, 2.05) is 0 Å². The minimum atomic E-state index is -0.967. The van der Waals surface area contributed by atoms with Gasteiger partial charge in [0.15, 0.2) is 5.82 Å². The average molecular weight is 265 g/mol. The van der Waals surface area contributed by atoms with Crippen molar-refractivity contribution in [3.8, 4) is 0 Å². The smallest absolute Gasteiger partial charge is 0.325 e. The lowest BCUT2D eigenvalue weighted by Gasteiger charge is -2.03. The Morgan fingerprint density at radius 3 is 2.42 bits per heavy atom. The molecule has 1 heterocycles. The van der Waals surface area contributed by atoms with Gasteiger partial charge >= 0.3 is 5.97 Å². The van der Waals surface area contributed by atoms with Gasteiger partial charge in [-0.15, -0.1) is 0 Å². The third kappa shape index (κ3) is 2.22. The zero-order chi connectivity index (χ0) is 14.4. The van der Waals surface area contributed by atoms with Crippen LogP contribution in [0.25, 0.3) is 0 Å². The van der Waals surface area contributed by atoms with Gasteiger partial charge in [-0.3, -0.25) is 14.3 Å². The molecule has 0 saturated heterocycles. The van der Waals surface area contributed by atoms with Crippen LogP contribution in [0.4, 0.5) is 5.82 Å². The molecule has 1 amide bonds. The van der Waals surface area contributed by atoms with Crippen LogP contribution in [0.3, 0.4) is 0 Å². The van der Waals surface area contributed by atoms with E-state index >= 15 is 0 Å². The molecule has 1 fully saturated rings. The average Bonchev–Trinajstić information content (AvgIpc) is 2.57. The number of carbonyl (C=O) groups excluding carboxylic acids is 1. The van der Waals surface area contributed by atoms with Crippen LogP contribution >= 0.6 is 0 Å². The van der Waals surface area contributed by atoms with E-state index in [-0.39, 0.29) is 29.2 Å². The van der Waals surface area contributed by atoms with Crippen LogP contribution in [0, 0.1) is 16.7 Å². The lowest BCUT2D eigenvalue weighted by Crippen LogP contribution is -2.18. The van der Waals surface area contributed by atoms with E-state index in [9.17, 15) is 9.59 Å². The lowest BCUT2D eigenvalue weighted by molar-refractivity contribution is -0.137. The van der Waals surface area contributed by atoms with Gasteiger partial charge in [-0.2, -0.15) is 5.10 Å². The minimum absolute atomic E-state index is 0.0271. The van der Waals surface area contributed by atoms with Crippen LogP contribution in [0.15, 0.2) is 12.3 Å². The van der Waals surface area contributed by atoms with Crippen molar-refractivity contribution < 1.29 is 14.7 Å². The van der Waals surface area contributed by atoms with Gasteiger partial charge in [0, 0.05) is 18.2 Å². The van der Waals surface area contributed by atoms with Crippen molar-refractivity contribution >= 4 is 17.7 Å². The molecular weight excluding hydrogens is 246 g/mol. The molecule has 0 radical (unpaired) electrons. The summed E-state index contributed by atoms with van der Waals surface area (Å²) in [6, 6.07) is 1.60. The number of nitrogens with one attached hydrogen (secondary N) is 1. The zero-order valence-corrected chi connectivity index (χ0v) is 11.6. The van der Waals surface area contributed by atoms with Gasteiger partial charge in [-0.1, -0.05) is 27.7 Å². The predicted molar refractivity (Wildman–Crippen MR) is 69.5 cm³/mol. The quantitative estimate of drug-likeness (QED) is 0.865. The fourth-order valence-electron chi connectivity index (χ4n) is 2.71. The Morgan fingerprint density at radius 2 is 1.95 bits per heavy atom. The molecular formula is C13H19N3O3. The maximum Gasteiger partial charge on any atom is 0.325 e. The van der Waals surface area contributed by atoms with Crippen molar-refractivity contribution in [1.82, 2.24) is 9.78 Å². The van der Waals surface area contributed by atoms with Crippen molar-refractivity contribution in [2.45, 2.75) is 34.2 Å². The summed E-state index contributed by atoms with van der Waals surface area (Å²) in [6.45, 7) is 8.07. The van der Waals surface area contributed by atoms with Gasteiger partial charge in [0.2, 0.25) is 5.91 Å². The second-order valence-corrected chi connectivity index (χ2v) is 6.16. The number of carboxylic acid groups (broad SMARTS) is 1. The number of hydrogen-bond acceptors (Lipinski definition) is 3. The summed E-state index contributed by atoms with van der Waals surface area (Å²) in [5.41, 5.74) is -0.0541. The first kappa shape index (κ1) is 13.6. The fourth-order valence-corrected chi connectivity index (χ4v) is 2.71. The molecule has 1 saturated carbocycles. The Labute approximate surface area is 111 Å². The van der Waals surface area contributed by atoms with Crippen LogP contribution in [0.2, 0.25) is 0 Å². The maximum absolute atomic E-state index is 12.2. The van der Waals surface area contributed by atoms with Crippen LogP contribution in [0.1, 0.15) is 27.7 Å². The van der Waals surface area contributed by atoms with Gasteiger partial charge in [0.05, 0.1) is 0 Å². The molecule has 0 spiro atoms. The number of amides is 1. The molecule has 2 rings (SSSR count). The number of aromatic nitrogens is 2. The topological polar surface area (TPSA) is 84.2 Å². The molecule has 1 aliphatic rings. The molecule has 6 heteroatoms. The van der Waals surface area contributed by atoms with E-state index in [2.05, 4.69) is 38.1 Å². The number of rotatable bonds is 4. The van der Waals surface area contributed by atoms with Gasteiger partial charge in [-0.05, 0) is 10.8 Å². The molecule has 0 bridgehead atoms. The highest BCUT2D eigenvalue weighted by atomic mass is 16.4. The third-order valence-electron chi connectivity index (χ3n) is 4.47. The molecule has 2 N–H and O–H groups in total.